The van der Waals surface area contributed by atoms with E-state index in [2.05, 4.69) is 9.97 Å². The van der Waals surface area contributed by atoms with Crippen LogP contribution in [0.25, 0.3) is 16.9 Å². The zero-order valence-electron chi connectivity index (χ0n) is 9.49. The molecule has 3 rings (SSSR count). The lowest BCUT2D eigenvalue weighted by Gasteiger charge is -1.99. The normalized spacial score (nSPS) is 10.5. The lowest BCUT2D eigenvalue weighted by Crippen LogP contribution is -1.89. The highest BCUT2D eigenvalue weighted by Crippen LogP contribution is 2.21. The molecule has 0 amide bonds. The van der Waals surface area contributed by atoms with Crippen LogP contribution >= 0.6 is 11.6 Å². The van der Waals surface area contributed by atoms with Crippen LogP contribution < -0.4 is 0 Å². The zero-order chi connectivity index (χ0) is 12.4. The maximum atomic E-state index is 5.97. The Kier molecular flexibility index (Phi) is 2.82. The van der Waals surface area contributed by atoms with E-state index in [1.807, 2.05) is 47.2 Å². The van der Waals surface area contributed by atoms with Crippen LogP contribution in [0.1, 0.15) is 0 Å². The summed E-state index contributed by atoms with van der Waals surface area (Å²) >= 11 is 5.97. The number of halogens is 1. The molecule has 0 bridgehead atoms. The van der Waals surface area contributed by atoms with E-state index in [9.17, 15) is 0 Å². The Morgan fingerprint density at radius 2 is 2.06 bits per heavy atom. The molecule has 0 aliphatic heterocycles. The molecule has 0 atom stereocenters. The molecule has 0 spiro atoms. The van der Waals surface area contributed by atoms with Crippen LogP contribution in [-0.4, -0.2) is 14.5 Å². The minimum atomic E-state index is 0.712. The number of pyridine rings is 1. The van der Waals surface area contributed by atoms with Gasteiger partial charge in [0.25, 0.3) is 0 Å². The van der Waals surface area contributed by atoms with Gasteiger partial charge in [0.1, 0.15) is 0 Å². The van der Waals surface area contributed by atoms with Crippen molar-refractivity contribution in [3.63, 3.8) is 0 Å². The lowest BCUT2D eigenvalue weighted by molar-refractivity contribution is 1.04. The second-order valence-corrected chi connectivity index (χ2v) is 4.32. The van der Waals surface area contributed by atoms with Crippen LogP contribution in [0.4, 0.5) is 0 Å². The zero-order valence-corrected chi connectivity index (χ0v) is 10.2. The van der Waals surface area contributed by atoms with Crippen LogP contribution in [0.2, 0.25) is 5.02 Å². The highest BCUT2D eigenvalue weighted by molar-refractivity contribution is 6.30. The summed E-state index contributed by atoms with van der Waals surface area (Å²) in [4.78, 5) is 8.47. The van der Waals surface area contributed by atoms with E-state index in [-0.39, 0.29) is 0 Å². The van der Waals surface area contributed by atoms with Gasteiger partial charge in [0, 0.05) is 23.0 Å². The van der Waals surface area contributed by atoms with Crippen molar-refractivity contribution in [2.24, 2.45) is 0 Å². The van der Waals surface area contributed by atoms with E-state index in [1.54, 1.807) is 18.7 Å². The summed E-state index contributed by atoms with van der Waals surface area (Å²) in [5.74, 6) is 0. The smallest absolute Gasteiger partial charge is 0.1000 e. The van der Waals surface area contributed by atoms with Crippen molar-refractivity contribution in [1.29, 1.82) is 0 Å². The predicted molar refractivity (Wildman–Crippen MR) is 71.8 cm³/mol. The number of hydrogen-bond acceptors (Lipinski definition) is 2. The SMILES string of the molecule is Clc1cccc(-c2cn(-c3cccnc3)cn2)c1. The van der Waals surface area contributed by atoms with Crippen molar-refractivity contribution >= 4 is 11.6 Å². The first-order chi connectivity index (χ1) is 8.83. The van der Waals surface area contributed by atoms with Crippen molar-refractivity contribution < 1.29 is 0 Å². The maximum Gasteiger partial charge on any atom is 0.1000 e. The van der Waals surface area contributed by atoms with Crippen molar-refractivity contribution in [2.75, 3.05) is 0 Å². The molecule has 0 fully saturated rings. The molecule has 4 heteroatoms. The minimum absolute atomic E-state index is 0.712. The van der Waals surface area contributed by atoms with Gasteiger partial charge in [0.05, 0.1) is 23.9 Å². The molecule has 88 valence electrons. The predicted octanol–water partition coefficient (Wildman–Crippen LogP) is 3.59. The van der Waals surface area contributed by atoms with Gasteiger partial charge in [-0.05, 0) is 24.3 Å². The lowest BCUT2D eigenvalue weighted by atomic mass is 10.2. The van der Waals surface area contributed by atoms with Gasteiger partial charge in [-0.3, -0.25) is 4.98 Å². The van der Waals surface area contributed by atoms with Crippen LogP contribution in [0.3, 0.4) is 0 Å². The largest absolute Gasteiger partial charge is 0.304 e. The molecule has 0 aliphatic rings. The van der Waals surface area contributed by atoms with Gasteiger partial charge in [-0.25, -0.2) is 4.98 Å². The van der Waals surface area contributed by atoms with Crippen molar-refractivity contribution in [2.45, 2.75) is 0 Å². The number of benzene rings is 1. The number of nitrogens with zero attached hydrogens (tertiary/aromatic N) is 3. The molecule has 1 aromatic carbocycles. The first-order valence-electron chi connectivity index (χ1n) is 5.53. The average Bonchev–Trinajstić information content (AvgIpc) is 2.89. The molecular weight excluding hydrogens is 246 g/mol. The summed E-state index contributed by atoms with van der Waals surface area (Å²) in [7, 11) is 0. The monoisotopic (exact) mass is 255 g/mol. The van der Waals surface area contributed by atoms with Crippen molar-refractivity contribution in [3.8, 4) is 16.9 Å². The Morgan fingerprint density at radius 1 is 1.11 bits per heavy atom. The van der Waals surface area contributed by atoms with E-state index in [0.717, 1.165) is 16.9 Å². The van der Waals surface area contributed by atoms with Gasteiger partial charge in [-0.1, -0.05) is 23.7 Å². The third-order valence-electron chi connectivity index (χ3n) is 2.65. The summed E-state index contributed by atoms with van der Waals surface area (Å²) in [5, 5.41) is 0.712. The third kappa shape index (κ3) is 2.13. The highest BCUT2D eigenvalue weighted by Gasteiger charge is 2.03. The van der Waals surface area contributed by atoms with Gasteiger partial charge in [-0.2, -0.15) is 0 Å². The Balaban J connectivity index is 2.00. The molecule has 0 radical (unpaired) electrons. The van der Waals surface area contributed by atoms with E-state index in [1.165, 1.54) is 0 Å². The van der Waals surface area contributed by atoms with Gasteiger partial charge in [-0.15, -0.1) is 0 Å². The molecule has 0 unspecified atom stereocenters. The molecule has 3 aromatic rings. The fraction of sp³-hybridized carbons (Fsp3) is 0. The number of aromatic nitrogens is 3. The van der Waals surface area contributed by atoms with Crippen molar-refractivity contribution in [3.05, 3.63) is 66.3 Å². The summed E-state index contributed by atoms with van der Waals surface area (Å²) in [6, 6.07) is 11.5. The van der Waals surface area contributed by atoms with Crippen LogP contribution in [0.15, 0.2) is 61.3 Å². The molecule has 0 N–H and O–H groups in total. The van der Waals surface area contributed by atoms with Crippen LogP contribution in [0, 0.1) is 0 Å². The Hall–Kier alpha value is -2.13. The molecular formula is C14H10ClN3. The van der Waals surface area contributed by atoms with E-state index in [4.69, 9.17) is 11.6 Å². The quantitative estimate of drug-likeness (QED) is 0.701. The Morgan fingerprint density at radius 3 is 2.83 bits per heavy atom. The topological polar surface area (TPSA) is 30.7 Å². The second-order valence-electron chi connectivity index (χ2n) is 3.89. The standard InChI is InChI=1S/C14H10ClN3/c15-12-4-1-3-11(7-12)14-9-18(10-17-14)13-5-2-6-16-8-13/h1-10H. The van der Waals surface area contributed by atoms with Crippen LogP contribution in [-0.2, 0) is 0 Å². The molecule has 2 aromatic heterocycles. The fourth-order valence-electron chi connectivity index (χ4n) is 1.77. The molecule has 0 saturated carbocycles. The summed E-state index contributed by atoms with van der Waals surface area (Å²) < 4.78 is 1.93. The fourth-order valence-corrected chi connectivity index (χ4v) is 1.96. The number of rotatable bonds is 2. The summed E-state index contributed by atoms with van der Waals surface area (Å²) in [5.41, 5.74) is 2.88. The first kappa shape index (κ1) is 11.0. The Bertz CT molecular complexity index is 662. The Labute approximate surface area is 110 Å². The molecule has 2 heterocycles. The van der Waals surface area contributed by atoms with Gasteiger partial charge in [0.15, 0.2) is 0 Å². The van der Waals surface area contributed by atoms with E-state index < -0.39 is 0 Å². The number of imidazole rings is 1. The molecule has 18 heavy (non-hydrogen) atoms. The summed E-state index contributed by atoms with van der Waals surface area (Å²) in [6.07, 6.45) is 7.28. The van der Waals surface area contributed by atoms with Gasteiger partial charge >= 0.3 is 0 Å². The first-order valence-corrected chi connectivity index (χ1v) is 5.91. The molecule has 0 saturated heterocycles. The van der Waals surface area contributed by atoms with Gasteiger partial charge in [0.2, 0.25) is 0 Å². The van der Waals surface area contributed by atoms with Crippen LogP contribution in [0.5, 0.6) is 0 Å². The molecule has 0 aliphatic carbocycles. The number of hydrogen-bond donors (Lipinski definition) is 0. The van der Waals surface area contributed by atoms with Gasteiger partial charge < -0.3 is 4.57 Å². The molecule has 3 nitrogen and oxygen atoms in total. The highest BCUT2D eigenvalue weighted by atomic mass is 35.5. The van der Waals surface area contributed by atoms with Crippen molar-refractivity contribution in [1.82, 2.24) is 14.5 Å². The second kappa shape index (κ2) is 4.63. The minimum Gasteiger partial charge on any atom is -0.304 e. The third-order valence-corrected chi connectivity index (χ3v) is 2.88. The van der Waals surface area contributed by atoms with E-state index in [0.29, 0.717) is 5.02 Å². The maximum absolute atomic E-state index is 5.97. The van der Waals surface area contributed by atoms with E-state index >= 15 is 0 Å². The average molecular weight is 256 g/mol. The summed E-state index contributed by atoms with van der Waals surface area (Å²) in [6.45, 7) is 0.